The lowest BCUT2D eigenvalue weighted by Crippen LogP contribution is -2.52. The highest BCUT2D eigenvalue weighted by Gasteiger charge is 2.70. The first-order valence-corrected chi connectivity index (χ1v) is 14.0. The average molecular weight is 462 g/mol. The summed E-state index contributed by atoms with van der Waals surface area (Å²) >= 11 is 0. The summed E-state index contributed by atoms with van der Waals surface area (Å²) in [5.41, 5.74) is 1.27. The molecule has 182 valence electrons. The highest BCUT2D eigenvalue weighted by atomic mass is 16.3. The molecule has 1 aromatic heterocycles. The normalized spacial score (nSPS) is 48.8. The number of nitriles is 1. The summed E-state index contributed by atoms with van der Waals surface area (Å²) in [6.07, 6.45) is 13.7. The Kier molecular flexibility index (Phi) is 4.57. The van der Waals surface area contributed by atoms with E-state index in [-0.39, 0.29) is 11.3 Å². The summed E-state index contributed by atoms with van der Waals surface area (Å²) in [6.45, 7) is 4.84. The van der Waals surface area contributed by atoms with Crippen LogP contribution in [0.2, 0.25) is 0 Å². The predicted octanol–water partition coefficient (Wildman–Crippen LogP) is 5.08. The van der Waals surface area contributed by atoms with E-state index in [1.807, 2.05) is 13.1 Å². The van der Waals surface area contributed by atoms with Crippen molar-refractivity contribution in [3.8, 4) is 6.07 Å². The maximum absolute atomic E-state index is 13.8. The Morgan fingerprint density at radius 1 is 1.09 bits per heavy atom. The molecule has 1 N–H and O–H groups in total. The Labute approximate surface area is 203 Å². The SMILES string of the molecule is C[C@@]1(O)CC[C@H]2[C@H](CC[C@@H]3[C@@H]2CC[C@@]2(C)[C@H]3[C@@H]3C[C@@H]3[C@@H]2C(=O)Cn2cc(C3CC3)c(C#N)n2)C1. The number of aliphatic hydroxyl groups is 1. The molecule has 5 nitrogen and oxygen atoms in total. The van der Waals surface area contributed by atoms with Crippen molar-refractivity contribution in [3.63, 3.8) is 0 Å². The molecule has 0 aliphatic heterocycles. The van der Waals surface area contributed by atoms with Crippen LogP contribution in [0, 0.1) is 64.1 Å². The van der Waals surface area contributed by atoms with E-state index in [4.69, 9.17) is 0 Å². The minimum atomic E-state index is -0.457. The number of fused-ring (bicyclic) bond motifs is 7. The van der Waals surface area contributed by atoms with Crippen molar-refractivity contribution < 1.29 is 9.90 Å². The number of Topliss-reactive ketones (excluding diaryl/α,β-unsaturated/α-hetero) is 1. The number of aromatic nitrogens is 2. The average Bonchev–Trinajstić information content (AvgIpc) is 3.71. The van der Waals surface area contributed by atoms with Crippen molar-refractivity contribution in [3.05, 3.63) is 17.5 Å². The summed E-state index contributed by atoms with van der Waals surface area (Å²) in [6, 6.07) is 2.25. The fraction of sp³-hybridized carbons (Fsp3) is 0.828. The molecule has 0 saturated heterocycles. The van der Waals surface area contributed by atoms with Gasteiger partial charge in [0.05, 0.1) is 12.1 Å². The van der Waals surface area contributed by atoms with Gasteiger partial charge in [-0.3, -0.25) is 9.48 Å². The number of carbonyl (C=O) groups is 1. The molecule has 6 aliphatic rings. The molecule has 0 spiro atoms. The van der Waals surface area contributed by atoms with Crippen LogP contribution in [0.25, 0.3) is 0 Å². The Morgan fingerprint density at radius 2 is 1.88 bits per heavy atom. The van der Waals surface area contributed by atoms with E-state index in [1.165, 1.54) is 38.5 Å². The third-order valence-electron chi connectivity index (χ3n) is 11.6. The second-order valence-electron chi connectivity index (χ2n) is 13.7. The number of ketones is 1. The molecule has 1 aromatic rings. The second-order valence-corrected chi connectivity index (χ2v) is 13.7. The summed E-state index contributed by atoms with van der Waals surface area (Å²) in [7, 11) is 0. The maximum atomic E-state index is 13.8. The summed E-state index contributed by atoms with van der Waals surface area (Å²) in [5.74, 6) is 6.17. The predicted molar refractivity (Wildman–Crippen MR) is 128 cm³/mol. The molecule has 0 radical (unpaired) electrons. The van der Waals surface area contributed by atoms with E-state index in [1.54, 1.807) is 4.68 Å². The lowest BCUT2D eigenvalue weighted by atomic mass is 9.48. The Hall–Kier alpha value is -1.67. The quantitative estimate of drug-likeness (QED) is 0.678. The topological polar surface area (TPSA) is 78.9 Å². The lowest BCUT2D eigenvalue weighted by molar-refractivity contribution is -0.136. The minimum Gasteiger partial charge on any atom is -0.390 e. The van der Waals surface area contributed by atoms with Gasteiger partial charge in [-0.1, -0.05) is 6.92 Å². The van der Waals surface area contributed by atoms with Crippen LogP contribution in [-0.4, -0.2) is 26.3 Å². The summed E-state index contributed by atoms with van der Waals surface area (Å²) in [5, 5.41) is 24.7. The van der Waals surface area contributed by atoms with Crippen molar-refractivity contribution in [2.75, 3.05) is 0 Å². The zero-order chi connectivity index (χ0) is 23.4. The van der Waals surface area contributed by atoms with Gasteiger partial charge in [-0.05, 0) is 124 Å². The Balaban J connectivity index is 1.11. The molecule has 7 rings (SSSR count). The maximum Gasteiger partial charge on any atom is 0.165 e. The second kappa shape index (κ2) is 7.19. The lowest BCUT2D eigenvalue weighted by Gasteiger charge is -2.57. The van der Waals surface area contributed by atoms with E-state index in [0.29, 0.717) is 41.7 Å². The first-order valence-electron chi connectivity index (χ1n) is 14.0. The zero-order valence-corrected chi connectivity index (χ0v) is 20.7. The van der Waals surface area contributed by atoms with Crippen LogP contribution in [0.4, 0.5) is 0 Å². The van der Waals surface area contributed by atoms with Gasteiger partial charge < -0.3 is 5.11 Å². The number of carbonyl (C=O) groups excluding carboxylic acids is 1. The molecule has 34 heavy (non-hydrogen) atoms. The Bertz CT molecular complexity index is 1060. The largest absolute Gasteiger partial charge is 0.390 e. The van der Waals surface area contributed by atoms with Crippen molar-refractivity contribution in [2.24, 2.45) is 52.8 Å². The van der Waals surface area contributed by atoms with Gasteiger partial charge >= 0.3 is 0 Å². The number of hydrogen-bond acceptors (Lipinski definition) is 4. The number of nitrogens with zero attached hydrogens (tertiary/aromatic N) is 3. The fourth-order valence-electron chi connectivity index (χ4n) is 10.2. The molecule has 1 heterocycles. The van der Waals surface area contributed by atoms with Gasteiger partial charge in [-0.15, -0.1) is 0 Å². The van der Waals surface area contributed by atoms with Crippen molar-refractivity contribution in [2.45, 2.75) is 96.1 Å². The molecule has 0 amide bonds. The van der Waals surface area contributed by atoms with E-state index < -0.39 is 5.60 Å². The summed E-state index contributed by atoms with van der Waals surface area (Å²) < 4.78 is 1.79. The fourth-order valence-corrected chi connectivity index (χ4v) is 10.2. The van der Waals surface area contributed by atoms with Crippen LogP contribution in [-0.2, 0) is 11.3 Å². The minimum absolute atomic E-state index is 0.142. The molecule has 0 aromatic carbocycles. The van der Waals surface area contributed by atoms with Crippen molar-refractivity contribution in [1.82, 2.24) is 9.78 Å². The standard InChI is InChI=1S/C29H39N3O2/c1-28(34)9-7-18-17(12-28)5-6-20-19(18)8-10-29(2)26(20)21-11-22(21)27(29)25(33)15-32-14-23(16-3-4-16)24(13-30)31-32/h14,16-22,26-27,34H,3-12,15H2,1-2H3/t17-,18+,19-,20-,21-,22+,26-,27-,28-,29+/m1/s1. The molecule has 6 aliphatic carbocycles. The highest BCUT2D eigenvalue weighted by Crippen LogP contribution is 2.74. The molecule has 5 heteroatoms. The van der Waals surface area contributed by atoms with E-state index >= 15 is 0 Å². The van der Waals surface area contributed by atoms with Gasteiger partial charge in [0.25, 0.3) is 0 Å². The molecule has 0 bridgehead atoms. The zero-order valence-electron chi connectivity index (χ0n) is 20.7. The molecule has 6 saturated carbocycles. The van der Waals surface area contributed by atoms with Crippen molar-refractivity contribution >= 4 is 5.78 Å². The first kappa shape index (κ1) is 21.6. The molecule has 0 unspecified atom stereocenters. The van der Waals surface area contributed by atoms with Gasteiger partial charge in [-0.2, -0.15) is 10.4 Å². The third-order valence-corrected chi connectivity index (χ3v) is 11.6. The van der Waals surface area contributed by atoms with Crippen LogP contribution >= 0.6 is 0 Å². The van der Waals surface area contributed by atoms with Gasteiger partial charge in [0.15, 0.2) is 11.5 Å². The van der Waals surface area contributed by atoms with Gasteiger partial charge in [-0.25, -0.2) is 0 Å². The summed E-state index contributed by atoms with van der Waals surface area (Å²) in [4.78, 5) is 13.8. The molecular formula is C29H39N3O2. The van der Waals surface area contributed by atoms with E-state index in [2.05, 4.69) is 18.1 Å². The van der Waals surface area contributed by atoms with Crippen LogP contribution < -0.4 is 0 Å². The highest BCUT2D eigenvalue weighted by molar-refractivity contribution is 5.83. The molecular weight excluding hydrogens is 422 g/mol. The van der Waals surface area contributed by atoms with E-state index in [0.717, 1.165) is 54.9 Å². The third kappa shape index (κ3) is 3.13. The monoisotopic (exact) mass is 461 g/mol. The number of hydrogen-bond donors (Lipinski definition) is 1. The smallest absolute Gasteiger partial charge is 0.165 e. The van der Waals surface area contributed by atoms with E-state index in [9.17, 15) is 15.2 Å². The van der Waals surface area contributed by atoms with Crippen molar-refractivity contribution in [1.29, 1.82) is 5.26 Å². The molecule has 6 fully saturated rings. The number of rotatable bonds is 4. The first-order chi connectivity index (χ1) is 16.3. The Morgan fingerprint density at radius 3 is 2.65 bits per heavy atom. The van der Waals surface area contributed by atoms with Gasteiger partial charge in [0, 0.05) is 17.7 Å². The molecule has 10 atom stereocenters. The van der Waals surface area contributed by atoms with Crippen LogP contribution in [0.3, 0.4) is 0 Å². The van der Waals surface area contributed by atoms with Gasteiger partial charge in [0.1, 0.15) is 6.07 Å². The van der Waals surface area contributed by atoms with Crippen LogP contribution in [0.1, 0.15) is 95.2 Å². The van der Waals surface area contributed by atoms with Crippen LogP contribution in [0.15, 0.2) is 6.20 Å². The van der Waals surface area contributed by atoms with Crippen LogP contribution in [0.5, 0.6) is 0 Å². The van der Waals surface area contributed by atoms with Gasteiger partial charge in [0.2, 0.25) is 0 Å².